The Morgan fingerprint density at radius 1 is 1.16 bits per heavy atom. The first kappa shape index (κ1) is 23.7. The van der Waals surface area contributed by atoms with Crippen molar-refractivity contribution in [3.05, 3.63) is 23.8 Å². The second-order valence-electron chi connectivity index (χ2n) is 9.64. The van der Waals surface area contributed by atoms with Gasteiger partial charge in [-0.1, -0.05) is 33.3 Å². The second-order valence-corrected chi connectivity index (χ2v) is 9.64. The minimum Gasteiger partial charge on any atom is -0.493 e. The Kier molecular flexibility index (Phi) is 8.47. The molecule has 0 spiro atoms. The molecule has 0 radical (unpaired) electrons. The molecule has 0 bridgehead atoms. The second kappa shape index (κ2) is 11.1. The average molecular weight is 433 g/mol. The van der Waals surface area contributed by atoms with E-state index in [0.29, 0.717) is 29.3 Å². The Balaban J connectivity index is 1.67. The number of carbonyl (C=O) groups excluding carboxylic acids is 1. The molecule has 6 nitrogen and oxygen atoms in total. The molecular weight excluding hydrogens is 392 g/mol. The molecule has 31 heavy (non-hydrogen) atoms. The van der Waals surface area contributed by atoms with Gasteiger partial charge in [-0.3, -0.25) is 0 Å². The quantitative estimate of drug-likeness (QED) is 0.590. The minimum absolute atomic E-state index is 0.0423. The molecule has 0 saturated heterocycles. The van der Waals surface area contributed by atoms with E-state index < -0.39 is 6.09 Å². The summed E-state index contributed by atoms with van der Waals surface area (Å²) >= 11 is 0. The zero-order chi connectivity index (χ0) is 22.4. The number of nitrogens with two attached hydrogens (primary N) is 1. The van der Waals surface area contributed by atoms with E-state index >= 15 is 0 Å². The largest absolute Gasteiger partial charge is 0.493 e. The molecule has 3 rings (SSSR count). The molecule has 2 saturated carbocycles. The minimum atomic E-state index is -0.394. The summed E-state index contributed by atoms with van der Waals surface area (Å²) in [6.07, 6.45) is 7.54. The lowest BCUT2D eigenvalue weighted by Crippen LogP contribution is -2.41. The summed E-state index contributed by atoms with van der Waals surface area (Å²) in [5.41, 5.74) is 6.92. The van der Waals surface area contributed by atoms with E-state index in [-0.39, 0.29) is 24.8 Å². The fourth-order valence-corrected chi connectivity index (χ4v) is 5.03. The number of methoxy groups -OCH3 is 1. The molecule has 2 aliphatic rings. The predicted molar refractivity (Wildman–Crippen MR) is 122 cm³/mol. The number of hydrogen-bond donors (Lipinski definition) is 2. The number of rotatable bonds is 8. The van der Waals surface area contributed by atoms with Crippen LogP contribution in [0.15, 0.2) is 18.2 Å². The third-order valence-corrected chi connectivity index (χ3v) is 6.93. The standard InChI is InChI=1S/C25H40N2O4/c1-16(2)20-11-9-17(3)13-23(20)31-25(28)27-21(15-26)18-10-12-22(29-4)24(14-18)30-19-7-5-6-8-19/h10,12,14,16-17,19-21,23H,5-9,11,13,15,26H2,1-4H3,(H,27,28). The number of amides is 1. The Bertz CT molecular complexity index is 717. The Hall–Kier alpha value is -1.95. The topological polar surface area (TPSA) is 82.8 Å². The van der Waals surface area contributed by atoms with Crippen LogP contribution in [0.1, 0.15) is 77.3 Å². The van der Waals surface area contributed by atoms with E-state index in [1.165, 1.54) is 19.3 Å². The molecule has 1 amide bonds. The maximum atomic E-state index is 12.8. The number of benzene rings is 1. The van der Waals surface area contributed by atoms with Crippen molar-refractivity contribution in [1.82, 2.24) is 5.32 Å². The number of carbonyl (C=O) groups is 1. The lowest BCUT2D eigenvalue weighted by atomic mass is 9.75. The van der Waals surface area contributed by atoms with Gasteiger partial charge in [-0.05, 0) is 74.0 Å². The molecule has 0 aliphatic heterocycles. The zero-order valence-electron chi connectivity index (χ0n) is 19.6. The highest BCUT2D eigenvalue weighted by atomic mass is 16.6. The van der Waals surface area contributed by atoms with Gasteiger partial charge in [-0.15, -0.1) is 0 Å². The molecule has 2 fully saturated rings. The molecular formula is C25H40N2O4. The number of ether oxygens (including phenoxy) is 3. The first-order valence-corrected chi connectivity index (χ1v) is 11.9. The van der Waals surface area contributed by atoms with E-state index in [1.54, 1.807) is 7.11 Å². The summed E-state index contributed by atoms with van der Waals surface area (Å²) in [7, 11) is 1.64. The van der Waals surface area contributed by atoms with Crippen LogP contribution in [-0.4, -0.2) is 32.0 Å². The molecule has 2 aliphatic carbocycles. The van der Waals surface area contributed by atoms with Crippen LogP contribution < -0.4 is 20.5 Å². The van der Waals surface area contributed by atoms with E-state index in [2.05, 4.69) is 26.1 Å². The lowest BCUT2D eigenvalue weighted by Gasteiger charge is -2.36. The molecule has 4 unspecified atom stereocenters. The highest BCUT2D eigenvalue weighted by Gasteiger charge is 2.33. The molecule has 174 valence electrons. The number of hydrogen-bond acceptors (Lipinski definition) is 5. The van der Waals surface area contributed by atoms with Gasteiger partial charge < -0.3 is 25.3 Å². The molecule has 4 atom stereocenters. The highest BCUT2D eigenvalue weighted by molar-refractivity contribution is 5.68. The number of alkyl carbamates (subject to hydrolysis) is 1. The van der Waals surface area contributed by atoms with Crippen molar-refractivity contribution in [2.24, 2.45) is 23.5 Å². The molecule has 0 heterocycles. The Morgan fingerprint density at radius 2 is 1.90 bits per heavy atom. The summed E-state index contributed by atoms with van der Waals surface area (Å²) in [5.74, 6) is 2.89. The van der Waals surface area contributed by atoms with Gasteiger partial charge in [-0.25, -0.2) is 4.79 Å². The maximum absolute atomic E-state index is 12.8. The average Bonchev–Trinajstić information content (AvgIpc) is 3.25. The third kappa shape index (κ3) is 6.28. The van der Waals surface area contributed by atoms with Gasteiger partial charge in [0.25, 0.3) is 0 Å². The van der Waals surface area contributed by atoms with Crippen LogP contribution in [0.4, 0.5) is 4.79 Å². The van der Waals surface area contributed by atoms with Crippen molar-refractivity contribution in [2.45, 2.75) is 84.0 Å². The van der Waals surface area contributed by atoms with Crippen LogP contribution in [0.5, 0.6) is 11.5 Å². The van der Waals surface area contributed by atoms with Crippen molar-refractivity contribution in [2.75, 3.05) is 13.7 Å². The zero-order valence-corrected chi connectivity index (χ0v) is 19.6. The van der Waals surface area contributed by atoms with Gasteiger partial charge in [0, 0.05) is 6.54 Å². The third-order valence-electron chi connectivity index (χ3n) is 6.93. The fourth-order valence-electron chi connectivity index (χ4n) is 5.03. The van der Waals surface area contributed by atoms with E-state index in [4.69, 9.17) is 19.9 Å². The van der Waals surface area contributed by atoms with Crippen LogP contribution in [0.2, 0.25) is 0 Å². The summed E-state index contributed by atoms with van der Waals surface area (Å²) in [6.45, 7) is 6.93. The molecule has 3 N–H and O–H groups in total. The summed E-state index contributed by atoms with van der Waals surface area (Å²) in [4.78, 5) is 12.8. The fraction of sp³-hybridized carbons (Fsp3) is 0.720. The van der Waals surface area contributed by atoms with E-state index in [0.717, 1.165) is 31.2 Å². The van der Waals surface area contributed by atoms with Crippen LogP contribution in [0, 0.1) is 17.8 Å². The van der Waals surface area contributed by atoms with Crippen molar-refractivity contribution in [1.29, 1.82) is 0 Å². The van der Waals surface area contributed by atoms with Gasteiger partial charge >= 0.3 is 6.09 Å². The van der Waals surface area contributed by atoms with E-state index in [9.17, 15) is 4.79 Å². The first-order chi connectivity index (χ1) is 14.9. The summed E-state index contributed by atoms with van der Waals surface area (Å²) in [5, 5.41) is 2.98. The Morgan fingerprint density at radius 3 is 2.55 bits per heavy atom. The molecule has 6 heteroatoms. The van der Waals surface area contributed by atoms with E-state index in [1.807, 2.05) is 18.2 Å². The number of nitrogens with one attached hydrogen (secondary N) is 1. The van der Waals surface area contributed by atoms with Crippen molar-refractivity contribution < 1.29 is 19.0 Å². The van der Waals surface area contributed by atoms with Crippen molar-refractivity contribution in [3.63, 3.8) is 0 Å². The summed E-state index contributed by atoms with van der Waals surface area (Å²) < 4.78 is 17.6. The normalized spacial score (nSPS) is 25.3. The van der Waals surface area contributed by atoms with Crippen LogP contribution in [-0.2, 0) is 4.74 Å². The highest BCUT2D eigenvalue weighted by Crippen LogP contribution is 2.36. The van der Waals surface area contributed by atoms with Crippen molar-refractivity contribution >= 4 is 6.09 Å². The Labute approximate surface area is 187 Å². The van der Waals surface area contributed by atoms with Crippen LogP contribution in [0.25, 0.3) is 0 Å². The van der Waals surface area contributed by atoms with Gasteiger partial charge in [0.2, 0.25) is 0 Å². The van der Waals surface area contributed by atoms with Gasteiger partial charge in [0.1, 0.15) is 6.10 Å². The molecule has 0 aromatic heterocycles. The molecule has 1 aromatic carbocycles. The SMILES string of the molecule is COc1ccc(C(CN)NC(=O)OC2CC(C)CCC2C(C)C)cc1OC1CCCC1. The summed E-state index contributed by atoms with van der Waals surface area (Å²) in [6, 6.07) is 5.40. The van der Waals surface area contributed by atoms with Crippen molar-refractivity contribution in [3.8, 4) is 11.5 Å². The molecule has 1 aromatic rings. The van der Waals surface area contributed by atoms with Crippen LogP contribution in [0.3, 0.4) is 0 Å². The smallest absolute Gasteiger partial charge is 0.407 e. The maximum Gasteiger partial charge on any atom is 0.407 e. The van der Waals surface area contributed by atoms with Crippen LogP contribution >= 0.6 is 0 Å². The van der Waals surface area contributed by atoms with Gasteiger partial charge in [0.15, 0.2) is 11.5 Å². The monoisotopic (exact) mass is 432 g/mol. The van der Waals surface area contributed by atoms with Gasteiger partial charge in [0.05, 0.1) is 19.3 Å². The van der Waals surface area contributed by atoms with Gasteiger partial charge in [-0.2, -0.15) is 0 Å². The first-order valence-electron chi connectivity index (χ1n) is 11.9. The predicted octanol–water partition coefficient (Wildman–Crippen LogP) is 5.20. The lowest BCUT2D eigenvalue weighted by molar-refractivity contribution is 0.00501.